The largest absolute Gasteiger partial charge is 0.393 e. The number of allylic oxidation sites excluding steroid dienone is 2. The lowest BCUT2D eigenvalue weighted by molar-refractivity contribution is -0.145. The molecule has 3 amide bonds. The number of Topliss-reactive ketones (excluding diaryl/α,β-unsaturated/α-hetero) is 1. The summed E-state index contributed by atoms with van der Waals surface area (Å²) in [5, 5.41) is 25.4. The number of nitrogens with two attached hydrogens (primary N) is 2. The van der Waals surface area contributed by atoms with Gasteiger partial charge in [-0.25, -0.2) is 5.43 Å². The molecule has 49 heavy (non-hydrogen) atoms. The molecule has 3 saturated carbocycles. The molecule has 0 bridgehead atoms. The zero-order valence-corrected chi connectivity index (χ0v) is 30.0. The zero-order valence-electron chi connectivity index (χ0n) is 29.1. The number of unbranched alkanes of at least 4 members (excludes halogenated alkanes) is 2. The molecule has 6 aliphatic rings. The van der Waals surface area contributed by atoms with Crippen LogP contribution in [0.1, 0.15) is 91.4 Å². The van der Waals surface area contributed by atoms with Gasteiger partial charge < -0.3 is 26.4 Å². The maximum atomic E-state index is 12.8. The number of nitrogens with zero attached hydrogens (tertiary/aromatic N) is 2. The second-order valence-corrected chi connectivity index (χ2v) is 17.3. The number of ether oxygens (including phenoxy) is 1. The summed E-state index contributed by atoms with van der Waals surface area (Å²) in [5.41, 5.74) is 16.1. The quantitative estimate of drug-likeness (QED) is 0.0821. The van der Waals surface area contributed by atoms with Crippen LogP contribution in [0.4, 0.5) is 0 Å². The molecule has 7 N–H and O–H groups in total. The van der Waals surface area contributed by atoms with E-state index < -0.39 is 18.0 Å². The van der Waals surface area contributed by atoms with E-state index in [9.17, 15) is 29.4 Å². The molecule has 5 fully saturated rings. The average Bonchev–Trinajstić information content (AvgIpc) is 3.65. The van der Waals surface area contributed by atoms with Gasteiger partial charge in [0.2, 0.25) is 17.7 Å². The number of amides is 3. The van der Waals surface area contributed by atoms with Crippen molar-refractivity contribution in [1.29, 1.82) is 0 Å². The van der Waals surface area contributed by atoms with Gasteiger partial charge in [-0.2, -0.15) is 5.10 Å². The number of carbonyl (C=O) groups is 4. The Morgan fingerprint density at radius 1 is 1.22 bits per heavy atom. The summed E-state index contributed by atoms with van der Waals surface area (Å²) < 4.78 is 5.19. The highest BCUT2D eigenvalue weighted by Gasteiger charge is 2.64. The maximum Gasteiger partial charge on any atom is 0.242 e. The monoisotopic (exact) mass is 701 g/mol. The predicted octanol–water partition coefficient (Wildman–Crippen LogP) is 2.25. The third kappa shape index (κ3) is 7.04. The minimum atomic E-state index is -0.509. The van der Waals surface area contributed by atoms with Crippen LogP contribution in [0.5, 0.6) is 0 Å². The Bertz CT molecular complexity index is 1390. The number of thioether (sulfide) groups is 1. The number of aliphatic hydroxyl groups excluding tert-OH is 2. The number of hydrazone groups is 1. The van der Waals surface area contributed by atoms with E-state index in [1.165, 1.54) is 22.2 Å². The molecule has 0 aromatic heterocycles. The predicted molar refractivity (Wildman–Crippen MR) is 186 cm³/mol. The summed E-state index contributed by atoms with van der Waals surface area (Å²) in [6, 6.07) is -0.261. The molecule has 2 saturated heterocycles. The van der Waals surface area contributed by atoms with Gasteiger partial charge in [-0.15, -0.1) is 11.8 Å². The number of imide groups is 1. The van der Waals surface area contributed by atoms with Gasteiger partial charge in [0, 0.05) is 37.1 Å². The fourth-order valence-electron chi connectivity index (χ4n) is 10.7. The van der Waals surface area contributed by atoms with E-state index in [1.54, 1.807) is 0 Å². The number of rotatable bonds is 13. The molecule has 6 unspecified atom stereocenters. The van der Waals surface area contributed by atoms with Gasteiger partial charge >= 0.3 is 0 Å². The fraction of sp³-hybridized carbons (Fsp3) is 0.806. The minimum Gasteiger partial charge on any atom is -0.393 e. The first kappa shape index (κ1) is 36.6. The van der Waals surface area contributed by atoms with Crippen LogP contribution in [0.15, 0.2) is 16.8 Å². The zero-order chi connectivity index (χ0) is 35.2. The van der Waals surface area contributed by atoms with Gasteiger partial charge in [0.05, 0.1) is 17.1 Å². The summed E-state index contributed by atoms with van der Waals surface area (Å²) in [6.07, 6.45) is 8.57. The van der Waals surface area contributed by atoms with Crippen molar-refractivity contribution in [3.63, 3.8) is 0 Å². The Hall–Kier alpha value is -2.16. The molecule has 0 spiro atoms. The molecule has 4 aliphatic carbocycles. The molecule has 12 nitrogen and oxygen atoms in total. The lowest BCUT2D eigenvalue weighted by atomic mass is 9.46. The minimum absolute atomic E-state index is 0.0851. The molecular formula is C36H55N5O7S. The molecule has 2 aliphatic heterocycles. The molecule has 0 aromatic carbocycles. The number of nitrogens with one attached hydrogen (secondary N) is 1. The summed E-state index contributed by atoms with van der Waals surface area (Å²) >= 11 is 1.39. The Morgan fingerprint density at radius 3 is 2.69 bits per heavy atom. The van der Waals surface area contributed by atoms with E-state index in [1.807, 2.05) is 0 Å². The molecule has 0 radical (unpaired) electrons. The highest BCUT2D eigenvalue weighted by Crippen LogP contribution is 2.67. The van der Waals surface area contributed by atoms with Crippen LogP contribution in [-0.4, -0.2) is 93.0 Å². The van der Waals surface area contributed by atoms with E-state index in [4.69, 9.17) is 16.2 Å². The van der Waals surface area contributed by atoms with Crippen molar-refractivity contribution >= 4 is 41.0 Å². The number of hydrogen-bond donors (Lipinski definition) is 5. The van der Waals surface area contributed by atoms with Gasteiger partial charge in [0.25, 0.3) is 0 Å². The highest BCUT2D eigenvalue weighted by molar-refractivity contribution is 8.00. The Kier molecular flexibility index (Phi) is 10.8. The van der Waals surface area contributed by atoms with Crippen molar-refractivity contribution < 1.29 is 34.1 Å². The van der Waals surface area contributed by atoms with Crippen molar-refractivity contribution in [3.05, 3.63) is 11.6 Å². The molecule has 0 aromatic rings. The van der Waals surface area contributed by atoms with Crippen LogP contribution in [0.2, 0.25) is 0 Å². The molecule has 272 valence electrons. The first-order valence-corrected chi connectivity index (χ1v) is 19.3. The van der Waals surface area contributed by atoms with E-state index >= 15 is 0 Å². The molecule has 6 rings (SSSR count). The van der Waals surface area contributed by atoms with Gasteiger partial charge in [-0.1, -0.05) is 32.8 Å². The second kappa shape index (κ2) is 14.5. The number of aliphatic hydroxyl groups is 2. The van der Waals surface area contributed by atoms with Gasteiger partial charge in [0.15, 0.2) is 5.78 Å². The highest BCUT2D eigenvalue weighted by atomic mass is 32.2. The summed E-state index contributed by atoms with van der Waals surface area (Å²) in [7, 11) is 0. The molecule has 13 heteroatoms. The van der Waals surface area contributed by atoms with Crippen molar-refractivity contribution in [2.24, 2.45) is 57.0 Å². The molecule has 2 heterocycles. The van der Waals surface area contributed by atoms with Crippen LogP contribution in [-0.2, 0) is 23.9 Å². The first-order chi connectivity index (χ1) is 23.3. The second-order valence-electron chi connectivity index (χ2n) is 16.1. The van der Waals surface area contributed by atoms with Gasteiger partial charge in [-0.05, 0) is 91.9 Å². The van der Waals surface area contributed by atoms with Crippen LogP contribution >= 0.6 is 11.8 Å². The van der Waals surface area contributed by atoms with Crippen molar-refractivity contribution in [1.82, 2.24) is 10.3 Å². The van der Waals surface area contributed by atoms with Crippen molar-refractivity contribution in [2.75, 3.05) is 18.9 Å². The SMILES string of the molecule is C[C@@H]1CC2C3CCC4=C/C(=N\NC(=O)CCCCCN5C(=O)CC(SC[C@H](N)C6OC6N)C5=O)CC[C@]4(C)C3[C@@H](O)C[C@]2(C)[C@H]1C(=O)CO. The number of hydrogen-bond acceptors (Lipinski definition) is 11. The number of fused-ring (bicyclic) bond motifs is 5. The first-order valence-electron chi connectivity index (χ1n) is 18.3. The number of carbonyl (C=O) groups excluding carboxylic acids is 4. The van der Waals surface area contributed by atoms with Crippen LogP contribution < -0.4 is 16.9 Å². The smallest absolute Gasteiger partial charge is 0.242 e. The van der Waals surface area contributed by atoms with Crippen LogP contribution in [0.3, 0.4) is 0 Å². The summed E-state index contributed by atoms with van der Waals surface area (Å²) in [4.78, 5) is 52.0. The van der Waals surface area contributed by atoms with Crippen LogP contribution in [0.25, 0.3) is 0 Å². The molecule has 12 atom stereocenters. The third-order valence-corrected chi connectivity index (χ3v) is 14.4. The van der Waals surface area contributed by atoms with Gasteiger partial charge in [-0.3, -0.25) is 24.1 Å². The van der Waals surface area contributed by atoms with E-state index in [0.29, 0.717) is 62.7 Å². The van der Waals surface area contributed by atoms with Crippen molar-refractivity contribution in [2.45, 2.75) is 121 Å². The average molecular weight is 702 g/mol. The lowest BCUT2D eigenvalue weighted by Crippen LogP contribution is -2.57. The normalized spacial score (nSPS) is 41.2. The Balaban J connectivity index is 0.950. The number of likely N-dealkylation sites (tertiary alicyclic amines) is 1. The Labute approximate surface area is 293 Å². The van der Waals surface area contributed by atoms with E-state index in [2.05, 4.69) is 37.4 Å². The third-order valence-electron chi connectivity index (χ3n) is 13.0. The van der Waals surface area contributed by atoms with Crippen LogP contribution in [0, 0.1) is 40.4 Å². The Morgan fingerprint density at radius 2 is 1.98 bits per heavy atom. The standard InChI is InChI=1S/C36H55N5O7S/c1-19-13-23-22-9-8-20-14-21(10-11-35(20,2)31(22)25(43)16-36(23,3)30(19)26(44)17-42)39-40-28(45)7-5-4-6-12-41-29(46)15-27(34(41)47)49-18-24(37)32-33(38)48-32/h14,19,22-25,27,30-33,42-43H,4-13,15-18,37-38H2,1-3H3,(H,40,45)/b39-21-/t19-,22?,23?,24+,25+,27?,30-,31?,32?,33?,35+,36+/m1/s1. The summed E-state index contributed by atoms with van der Waals surface area (Å²) in [6.45, 7) is 6.51. The summed E-state index contributed by atoms with van der Waals surface area (Å²) in [5.74, 6) is 0.735. The fourth-order valence-corrected chi connectivity index (χ4v) is 11.9. The number of ketones is 1. The van der Waals surface area contributed by atoms with E-state index in [-0.39, 0.29) is 76.9 Å². The topological polar surface area (TPSA) is 201 Å². The lowest BCUT2D eigenvalue weighted by Gasteiger charge is -2.59. The van der Waals surface area contributed by atoms with Gasteiger partial charge in [0.1, 0.15) is 18.9 Å². The number of epoxide rings is 1. The molecular weight excluding hydrogens is 646 g/mol. The van der Waals surface area contributed by atoms with E-state index in [0.717, 1.165) is 31.4 Å². The maximum absolute atomic E-state index is 12.8. The van der Waals surface area contributed by atoms with Crippen molar-refractivity contribution in [3.8, 4) is 0 Å².